The molecule has 0 aromatic carbocycles. The van der Waals surface area contributed by atoms with Crippen molar-refractivity contribution < 1.29 is 4.74 Å². The average Bonchev–Trinajstić information content (AvgIpc) is 2.10. The summed E-state index contributed by atoms with van der Waals surface area (Å²) in [5, 5.41) is 0. The minimum Gasteiger partial charge on any atom is -0.385 e. The Morgan fingerprint density at radius 1 is 1.33 bits per heavy atom. The average molecular weight is 237 g/mol. The van der Waals surface area contributed by atoms with Gasteiger partial charge in [-0.1, -0.05) is 36.2 Å². The summed E-state index contributed by atoms with van der Waals surface area (Å²) in [7, 11) is 1.77. The number of unbranched alkanes of at least 4 members (excludes halogenated alkanes) is 1. The largest absolute Gasteiger partial charge is 0.385 e. The molecule has 0 aromatic rings. The van der Waals surface area contributed by atoms with Crippen LogP contribution in [0.25, 0.3) is 0 Å². The molecule has 1 nitrogen and oxygen atoms in total. The van der Waals surface area contributed by atoms with E-state index in [0.717, 1.165) is 12.5 Å². The van der Waals surface area contributed by atoms with Gasteiger partial charge in [0, 0.05) is 18.5 Å². The normalized spacial score (nSPS) is 16.0. The summed E-state index contributed by atoms with van der Waals surface area (Å²) in [5.74, 6) is 0.798. The summed E-state index contributed by atoms with van der Waals surface area (Å²) in [5.41, 5.74) is 0. The van der Waals surface area contributed by atoms with Crippen LogP contribution in [0.15, 0.2) is 0 Å². The molecule has 0 rings (SSSR count). The number of rotatable bonds is 7. The van der Waals surface area contributed by atoms with Gasteiger partial charge in [0.15, 0.2) is 0 Å². The van der Waals surface area contributed by atoms with Crippen molar-refractivity contribution in [2.45, 2.75) is 44.4 Å². The SMILES string of the molecule is CCC(Br)C(C)CCCCOC. The lowest BCUT2D eigenvalue weighted by atomic mass is 9.99. The van der Waals surface area contributed by atoms with Crippen LogP contribution in [-0.2, 0) is 4.74 Å². The van der Waals surface area contributed by atoms with E-state index in [1.807, 2.05) is 0 Å². The van der Waals surface area contributed by atoms with Gasteiger partial charge in [-0.3, -0.25) is 0 Å². The molecule has 0 saturated heterocycles. The molecule has 0 aromatic heterocycles. The first-order chi connectivity index (χ1) is 5.72. The molecule has 12 heavy (non-hydrogen) atoms. The molecule has 0 aliphatic carbocycles. The molecular formula is C10H21BrO. The molecule has 0 radical (unpaired) electrons. The van der Waals surface area contributed by atoms with Crippen LogP contribution in [0.3, 0.4) is 0 Å². The maximum atomic E-state index is 5.00. The summed E-state index contributed by atoms with van der Waals surface area (Å²) in [6.07, 6.45) is 5.03. The third-order valence-corrected chi connectivity index (χ3v) is 3.82. The molecule has 0 aliphatic heterocycles. The van der Waals surface area contributed by atoms with Crippen molar-refractivity contribution >= 4 is 15.9 Å². The fourth-order valence-corrected chi connectivity index (χ4v) is 1.56. The summed E-state index contributed by atoms with van der Waals surface area (Å²) >= 11 is 3.68. The smallest absolute Gasteiger partial charge is 0.0462 e. The first-order valence-corrected chi connectivity index (χ1v) is 5.77. The van der Waals surface area contributed by atoms with Crippen LogP contribution in [0.4, 0.5) is 0 Å². The van der Waals surface area contributed by atoms with Crippen molar-refractivity contribution in [2.75, 3.05) is 13.7 Å². The van der Waals surface area contributed by atoms with Crippen LogP contribution in [0.1, 0.15) is 39.5 Å². The standard InChI is InChI=1S/C10H21BrO/c1-4-10(11)9(2)7-5-6-8-12-3/h9-10H,4-8H2,1-3H3. The van der Waals surface area contributed by atoms with E-state index < -0.39 is 0 Å². The third-order valence-electron chi connectivity index (χ3n) is 2.27. The molecule has 2 unspecified atom stereocenters. The van der Waals surface area contributed by atoms with E-state index in [2.05, 4.69) is 29.8 Å². The molecular weight excluding hydrogens is 216 g/mol. The lowest BCUT2D eigenvalue weighted by Crippen LogP contribution is -2.09. The van der Waals surface area contributed by atoms with Crippen LogP contribution in [0.2, 0.25) is 0 Å². The highest BCUT2D eigenvalue weighted by atomic mass is 79.9. The van der Waals surface area contributed by atoms with E-state index >= 15 is 0 Å². The van der Waals surface area contributed by atoms with Crippen molar-refractivity contribution in [3.05, 3.63) is 0 Å². The maximum Gasteiger partial charge on any atom is 0.0462 e. The van der Waals surface area contributed by atoms with Crippen LogP contribution in [0, 0.1) is 5.92 Å². The van der Waals surface area contributed by atoms with E-state index in [1.54, 1.807) is 7.11 Å². The van der Waals surface area contributed by atoms with Gasteiger partial charge < -0.3 is 4.74 Å². The molecule has 0 amide bonds. The van der Waals surface area contributed by atoms with Crippen molar-refractivity contribution in [1.29, 1.82) is 0 Å². The highest BCUT2D eigenvalue weighted by Crippen LogP contribution is 2.21. The van der Waals surface area contributed by atoms with Crippen LogP contribution in [0.5, 0.6) is 0 Å². The second-order valence-corrected chi connectivity index (χ2v) is 4.57. The predicted molar refractivity (Wildman–Crippen MR) is 57.9 cm³/mol. The number of ether oxygens (including phenoxy) is 1. The Hall–Kier alpha value is 0.440. The molecule has 0 aliphatic rings. The van der Waals surface area contributed by atoms with Gasteiger partial charge in [0.05, 0.1) is 0 Å². The number of halogens is 1. The Morgan fingerprint density at radius 3 is 2.50 bits per heavy atom. The van der Waals surface area contributed by atoms with E-state index in [4.69, 9.17) is 4.74 Å². The lowest BCUT2D eigenvalue weighted by Gasteiger charge is -2.15. The van der Waals surface area contributed by atoms with E-state index in [9.17, 15) is 0 Å². The molecule has 0 fully saturated rings. The molecule has 0 heterocycles. The second-order valence-electron chi connectivity index (χ2n) is 3.39. The van der Waals surface area contributed by atoms with Gasteiger partial charge in [0.2, 0.25) is 0 Å². The maximum absolute atomic E-state index is 5.00. The van der Waals surface area contributed by atoms with Crippen molar-refractivity contribution in [2.24, 2.45) is 5.92 Å². The Bertz CT molecular complexity index is 95.8. The Morgan fingerprint density at radius 2 is 2.00 bits per heavy atom. The molecule has 0 N–H and O–H groups in total. The topological polar surface area (TPSA) is 9.23 Å². The number of hydrogen-bond acceptors (Lipinski definition) is 1. The summed E-state index contributed by atoms with van der Waals surface area (Å²) < 4.78 is 5.00. The molecule has 2 atom stereocenters. The third kappa shape index (κ3) is 6.01. The molecule has 2 heteroatoms. The predicted octanol–water partition coefficient (Wildman–Crippen LogP) is 3.61. The Balaban J connectivity index is 3.24. The van der Waals surface area contributed by atoms with E-state index in [0.29, 0.717) is 4.83 Å². The summed E-state index contributed by atoms with van der Waals surface area (Å²) in [6.45, 7) is 5.45. The number of hydrogen-bond donors (Lipinski definition) is 0. The highest BCUT2D eigenvalue weighted by Gasteiger charge is 2.10. The molecule has 0 spiro atoms. The van der Waals surface area contributed by atoms with Gasteiger partial charge >= 0.3 is 0 Å². The van der Waals surface area contributed by atoms with Crippen molar-refractivity contribution in [1.82, 2.24) is 0 Å². The van der Waals surface area contributed by atoms with Gasteiger partial charge in [-0.25, -0.2) is 0 Å². The quantitative estimate of drug-likeness (QED) is 0.485. The minimum atomic E-state index is 0.694. The second kappa shape index (κ2) is 8.06. The zero-order valence-corrected chi connectivity index (χ0v) is 10.1. The van der Waals surface area contributed by atoms with Gasteiger partial charge in [-0.05, 0) is 25.2 Å². The Kier molecular flexibility index (Phi) is 8.35. The molecule has 0 bridgehead atoms. The fourth-order valence-electron chi connectivity index (χ4n) is 1.30. The van der Waals surface area contributed by atoms with Gasteiger partial charge in [-0.2, -0.15) is 0 Å². The Labute approximate surface area is 85.0 Å². The van der Waals surface area contributed by atoms with Crippen LogP contribution in [-0.4, -0.2) is 18.5 Å². The van der Waals surface area contributed by atoms with Crippen LogP contribution < -0.4 is 0 Å². The summed E-state index contributed by atoms with van der Waals surface area (Å²) in [6, 6.07) is 0. The lowest BCUT2D eigenvalue weighted by molar-refractivity contribution is 0.190. The van der Waals surface area contributed by atoms with Gasteiger partial charge in [0.25, 0.3) is 0 Å². The van der Waals surface area contributed by atoms with Crippen molar-refractivity contribution in [3.8, 4) is 0 Å². The van der Waals surface area contributed by atoms with Crippen molar-refractivity contribution in [3.63, 3.8) is 0 Å². The van der Waals surface area contributed by atoms with Gasteiger partial charge in [-0.15, -0.1) is 0 Å². The number of alkyl halides is 1. The number of methoxy groups -OCH3 is 1. The highest BCUT2D eigenvalue weighted by molar-refractivity contribution is 9.09. The first-order valence-electron chi connectivity index (χ1n) is 4.85. The van der Waals surface area contributed by atoms with E-state index in [-0.39, 0.29) is 0 Å². The zero-order chi connectivity index (χ0) is 9.40. The molecule has 74 valence electrons. The minimum absolute atomic E-state index is 0.694. The first kappa shape index (κ1) is 12.4. The van der Waals surface area contributed by atoms with Crippen LogP contribution >= 0.6 is 15.9 Å². The monoisotopic (exact) mass is 236 g/mol. The summed E-state index contributed by atoms with van der Waals surface area (Å²) in [4.78, 5) is 0.694. The zero-order valence-electron chi connectivity index (χ0n) is 8.48. The molecule has 0 saturated carbocycles. The fraction of sp³-hybridized carbons (Fsp3) is 1.00. The van der Waals surface area contributed by atoms with Gasteiger partial charge in [0.1, 0.15) is 0 Å². The van der Waals surface area contributed by atoms with E-state index in [1.165, 1.54) is 25.7 Å².